The second-order valence-corrected chi connectivity index (χ2v) is 3.88. The molecule has 0 spiro atoms. The fourth-order valence-electron chi connectivity index (χ4n) is 2.15. The van der Waals surface area contributed by atoms with E-state index in [4.69, 9.17) is 5.73 Å². The summed E-state index contributed by atoms with van der Waals surface area (Å²) < 4.78 is 2.16. The summed E-state index contributed by atoms with van der Waals surface area (Å²) >= 11 is 0. The van der Waals surface area contributed by atoms with Gasteiger partial charge in [0.05, 0.1) is 6.33 Å². The normalized spacial score (nSPS) is 29.9. The van der Waals surface area contributed by atoms with Crippen LogP contribution in [0.2, 0.25) is 0 Å². The zero-order valence-electron chi connectivity index (χ0n) is 7.89. The Hall–Kier alpha value is -0.830. The van der Waals surface area contributed by atoms with Crippen LogP contribution in [-0.2, 0) is 0 Å². The summed E-state index contributed by atoms with van der Waals surface area (Å²) in [4.78, 5) is 4.07. The van der Waals surface area contributed by atoms with Crippen molar-refractivity contribution in [3.8, 4) is 0 Å². The first-order valence-corrected chi connectivity index (χ1v) is 5.11. The zero-order valence-corrected chi connectivity index (χ0v) is 7.89. The first-order valence-electron chi connectivity index (χ1n) is 5.11. The van der Waals surface area contributed by atoms with Gasteiger partial charge in [-0.1, -0.05) is 19.3 Å². The second kappa shape index (κ2) is 3.92. The van der Waals surface area contributed by atoms with Gasteiger partial charge < -0.3 is 10.3 Å². The third-order valence-corrected chi connectivity index (χ3v) is 2.94. The number of rotatable bonds is 1. The van der Waals surface area contributed by atoms with Gasteiger partial charge in [-0.25, -0.2) is 4.98 Å². The fourth-order valence-corrected chi connectivity index (χ4v) is 2.15. The zero-order chi connectivity index (χ0) is 9.10. The molecule has 0 amide bonds. The van der Waals surface area contributed by atoms with Gasteiger partial charge in [-0.2, -0.15) is 0 Å². The van der Waals surface area contributed by atoms with Crippen molar-refractivity contribution in [1.82, 2.24) is 9.55 Å². The smallest absolute Gasteiger partial charge is 0.0949 e. The molecule has 3 nitrogen and oxygen atoms in total. The molecule has 1 fully saturated rings. The molecule has 72 valence electrons. The van der Waals surface area contributed by atoms with E-state index in [0.717, 1.165) is 6.42 Å². The van der Waals surface area contributed by atoms with Crippen LogP contribution < -0.4 is 5.73 Å². The molecule has 1 saturated carbocycles. The van der Waals surface area contributed by atoms with Crippen LogP contribution in [0, 0.1) is 0 Å². The van der Waals surface area contributed by atoms with E-state index in [1.807, 2.05) is 18.7 Å². The summed E-state index contributed by atoms with van der Waals surface area (Å²) in [5.41, 5.74) is 6.12. The monoisotopic (exact) mass is 179 g/mol. The van der Waals surface area contributed by atoms with Crippen molar-refractivity contribution in [1.29, 1.82) is 0 Å². The van der Waals surface area contributed by atoms with E-state index in [1.54, 1.807) is 0 Å². The minimum absolute atomic E-state index is 0.316. The fraction of sp³-hybridized carbons (Fsp3) is 0.700. The van der Waals surface area contributed by atoms with Crippen LogP contribution in [0.1, 0.15) is 38.1 Å². The second-order valence-electron chi connectivity index (χ2n) is 3.88. The summed E-state index contributed by atoms with van der Waals surface area (Å²) in [5.74, 6) is 0. The van der Waals surface area contributed by atoms with Gasteiger partial charge in [0, 0.05) is 24.5 Å². The summed E-state index contributed by atoms with van der Waals surface area (Å²) in [6.07, 6.45) is 12.0. The summed E-state index contributed by atoms with van der Waals surface area (Å²) in [6, 6.07) is 0.793. The molecule has 0 bridgehead atoms. The lowest BCUT2D eigenvalue weighted by molar-refractivity contribution is 0.388. The molecule has 13 heavy (non-hydrogen) atoms. The number of hydrogen-bond donors (Lipinski definition) is 1. The standard InChI is InChI=1S/C10H17N3/c11-9-4-2-1-3-5-10(9)13-7-6-12-8-13/h6-10H,1-5,11H2. The Balaban J connectivity index is 2.11. The van der Waals surface area contributed by atoms with Gasteiger partial charge in [0.25, 0.3) is 0 Å². The van der Waals surface area contributed by atoms with E-state index >= 15 is 0 Å². The number of hydrogen-bond acceptors (Lipinski definition) is 2. The highest BCUT2D eigenvalue weighted by molar-refractivity contribution is 4.87. The van der Waals surface area contributed by atoms with Gasteiger partial charge in [-0.3, -0.25) is 0 Å². The van der Waals surface area contributed by atoms with Gasteiger partial charge >= 0.3 is 0 Å². The highest BCUT2D eigenvalue weighted by atomic mass is 15.1. The summed E-state index contributed by atoms with van der Waals surface area (Å²) in [7, 11) is 0. The lowest BCUT2D eigenvalue weighted by Crippen LogP contribution is -2.30. The van der Waals surface area contributed by atoms with Gasteiger partial charge in [0.15, 0.2) is 0 Å². The van der Waals surface area contributed by atoms with Gasteiger partial charge in [-0.05, 0) is 12.8 Å². The molecule has 1 heterocycles. The predicted molar refractivity (Wildman–Crippen MR) is 52.3 cm³/mol. The maximum absolute atomic E-state index is 6.12. The molecule has 0 radical (unpaired) electrons. The molecule has 1 aromatic heterocycles. The van der Waals surface area contributed by atoms with E-state index in [2.05, 4.69) is 9.55 Å². The van der Waals surface area contributed by atoms with Gasteiger partial charge in [0.2, 0.25) is 0 Å². The number of nitrogens with zero attached hydrogens (tertiary/aromatic N) is 2. The molecule has 1 aliphatic rings. The van der Waals surface area contributed by atoms with E-state index < -0.39 is 0 Å². The third-order valence-electron chi connectivity index (χ3n) is 2.94. The molecule has 2 unspecified atom stereocenters. The van der Waals surface area contributed by atoms with Crippen LogP contribution in [0.4, 0.5) is 0 Å². The van der Waals surface area contributed by atoms with Crippen LogP contribution in [0.15, 0.2) is 18.7 Å². The van der Waals surface area contributed by atoms with Crippen LogP contribution in [-0.4, -0.2) is 15.6 Å². The maximum Gasteiger partial charge on any atom is 0.0949 e. The molecule has 2 rings (SSSR count). The largest absolute Gasteiger partial charge is 0.333 e. The molecule has 1 aromatic rings. The molecule has 0 aliphatic heterocycles. The highest BCUT2D eigenvalue weighted by Gasteiger charge is 2.20. The maximum atomic E-state index is 6.12. The minimum atomic E-state index is 0.316. The topological polar surface area (TPSA) is 43.8 Å². The predicted octanol–water partition coefficient (Wildman–Crippen LogP) is 1.72. The number of aromatic nitrogens is 2. The first kappa shape index (κ1) is 8.75. The first-order chi connectivity index (χ1) is 6.38. The van der Waals surface area contributed by atoms with Crippen molar-refractivity contribution in [2.24, 2.45) is 5.73 Å². The van der Waals surface area contributed by atoms with Crippen LogP contribution >= 0.6 is 0 Å². The summed E-state index contributed by atoms with van der Waals surface area (Å²) in [5, 5.41) is 0. The van der Waals surface area contributed by atoms with Gasteiger partial charge in [0.1, 0.15) is 0 Å². The van der Waals surface area contributed by atoms with E-state index in [0.29, 0.717) is 12.1 Å². The van der Waals surface area contributed by atoms with E-state index in [1.165, 1.54) is 25.7 Å². The van der Waals surface area contributed by atoms with Crippen molar-refractivity contribution >= 4 is 0 Å². The average Bonchev–Trinajstić information content (AvgIpc) is 2.56. The van der Waals surface area contributed by atoms with Crippen LogP contribution in [0.25, 0.3) is 0 Å². The average molecular weight is 179 g/mol. The quantitative estimate of drug-likeness (QED) is 0.667. The Morgan fingerprint density at radius 2 is 2.08 bits per heavy atom. The molecule has 2 atom stereocenters. The van der Waals surface area contributed by atoms with Crippen LogP contribution in [0.5, 0.6) is 0 Å². The molecule has 3 heteroatoms. The third kappa shape index (κ3) is 1.91. The van der Waals surface area contributed by atoms with E-state index in [-0.39, 0.29) is 0 Å². The lowest BCUT2D eigenvalue weighted by Gasteiger charge is -2.22. The minimum Gasteiger partial charge on any atom is -0.333 e. The molecule has 2 N–H and O–H groups in total. The Labute approximate surface area is 79.0 Å². The van der Waals surface area contributed by atoms with Crippen molar-refractivity contribution in [2.45, 2.75) is 44.2 Å². The van der Waals surface area contributed by atoms with Crippen LogP contribution in [0.3, 0.4) is 0 Å². The van der Waals surface area contributed by atoms with Gasteiger partial charge in [-0.15, -0.1) is 0 Å². The molecule has 0 saturated heterocycles. The number of nitrogens with two attached hydrogens (primary N) is 1. The molecule has 0 aromatic carbocycles. The number of imidazole rings is 1. The molecular weight excluding hydrogens is 162 g/mol. The van der Waals surface area contributed by atoms with Crippen molar-refractivity contribution in [2.75, 3.05) is 0 Å². The highest BCUT2D eigenvalue weighted by Crippen LogP contribution is 2.25. The van der Waals surface area contributed by atoms with Crippen molar-refractivity contribution < 1.29 is 0 Å². The molecular formula is C10H17N3. The Kier molecular flexibility index (Phi) is 2.64. The van der Waals surface area contributed by atoms with Crippen molar-refractivity contribution in [3.63, 3.8) is 0 Å². The SMILES string of the molecule is NC1CCCCCC1n1ccnc1. The Bertz CT molecular complexity index is 243. The Morgan fingerprint density at radius 1 is 1.23 bits per heavy atom. The lowest BCUT2D eigenvalue weighted by atomic mass is 10.0. The summed E-state index contributed by atoms with van der Waals surface area (Å²) in [6.45, 7) is 0. The van der Waals surface area contributed by atoms with E-state index in [9.17, 15) is 0 Å². The Morgan fingerprint density at radius 3 is 2.85 bits per heavy atom. The van der Waals surface area contributed by atoms with Crippen molar-refractivity contribution in [3.05, 3.63) is 18.7 Å². The molecule has 1 aliphatic carbocycles.